The molecule has 9 heteroatoms. The average Bonchev–Trinajstić information content (AvgIpc) is 3.26. The van der Waals surface area contributed by atoms with Crippen molar-refractivity contribution in [3.05, 3.63) is 36.3 Å². The molecule has 0 saturated carbocycles. The van der Waals surface area contributed by atoms with Crippen LogP contribution in [-0.4, -0.2) is 40.4 Å². The first kappa shape index (κ1) is 19.9. The lowest BCUT2D eigenvalue weighted by Crippen LogP contribution is -2.25. The second-order valence-electron chi connectivity index (χ2n) is 8.62. The molecule has 1 aliphatic rings. The molecule has 3 aromatic rings. The van der Waals surface area contributed by atoms with Crippen LogP contribution in [0.2, 0.25) is 0 Å². The fourth-order valence-electron chi connectivity index (χ4n) is 3.78. The van der Waals surface area contributed by atoms with Gasteiger partial charge in [0, 0.05) is 37.4 Å². The molecule has 156 valence electrons. The highest BCUT2D eigenvalue weighted by atomic mass is 32.2. The Labute approximate surface area is 170 Å². The maximum atomic E-state index is 12.9. The number of rotatable bonds is 4. The van der Waals surface area contributed by atoms with Crippen LogP contribution in [0.1, 0.15) is 39.4 Å². The predicted octanol–water partition coefficient (Wildman–Crippen LogP) is 2.78. The van der Waals surface area contributed by atoms with Gasteiger partial charge in [0.15, 0.2) is 0 Å². The smallest absolute Gasteiger partial charge is 0.283 e. The first-order valence-corrected chi connectivity index (χ1v) is 11.3. The standard InChI is InChI=1S/C20H27N5O3S/c1-20(2,3)19-22-16-12-15(29(26,27)25-9-6-18(21)23-25)4-5-17(16)24(19)13-14-7-10-28-11-8-14/h4-6,9,12,14H,7-8,10-11,13H2,1-3H3,(H2,21,23). The van der Waals surface area contributed by atoms with Crippen molar-refractivity contribution in [1.29, 1.82) is 0 Å². The van der Waals surface area contributed by atoms with Gasteiger partial charge in [-0.1, -0.05) is 20.8 Å². The minimum atomic E-state index is -3.82. The number of nitrogen functional groups attached to an aromatic ring is 1. The maximum Gasteiger partial charge on any atom is 0.283 e. The average molecular weight is 418 g/mol. The van der Waals surface area contributed by atoms with Crippen molar-refractivity contribution in [2.24, 2.45) is 5.92 Å². The number of fused-ring (bicyclic) bond motifs is 1. The highest BCUT2D eigenvalue weighted by Crippen LogP contribution is 2.30. The van der Waals surface area contributed by atoms with Crippen LogP contribution in [0.4, 0.5) is 5.82 Å². The highest BCUT2D eigenvalue weighted by Gasteiger charge is 2.27. The zero-order valence-electron chi connectivity index (χ0n) is 17.0. The number of ether oxygens (including phenoxy) is 1. The zero-order valence-corrected chi connectivity index (χ0v) is 17.8. The summed E-state index contributed by atoms with van der Waals surface area (Å²) < 4.78 is 34.4. The van der Waals surface area contributed by atoms with Gasteiger partial charge in [0.05, 0.1) is 15.9 Å². The van der Waals surface area contributed by atoms with E-state index in [1.165, 1.54) is 12.3 Å². The second-order valence-corrected chi connectivity index (χ2v) is 10.4. The van der Waals surface area contributed by atoms with Crippen molar-refractivity contribution in [1.82, 2.24) is 18.7 Å². The Bertz CT molecular complexity index is 1130. The van der Waals surface area contributed by atoms with Crippen LogP contribution in [0.5, 0.6) is 0 Å². The maximum absolute atomic E-state index is 12.9. The van der Waals surface area contributed by atoms with Gasteiger partial charge in [0.1, 0.15) is 11.6 Å². The summed E-state index contributed by atoms with van der Waals surface area (Å²) in [6.45, 7) is 8.81. The Morgan fingerprint density at radius 1 is 1.21 bits per heavy atom. The van der Waals surface area contributed by atoms with Crippen molar-refractivity contribution in [2.75, 3.05) is 18.9 Å². The van der Waals surface area contributed by atoms with Crippen LogP contribution < -0.4 is 5.73 Å². The molecule has 1 aliphatic heterocycles. The van der Waals surface area contributed by atoms with Gasteiger partial charge >= 0.3 is 0 Å². The van der Waals surface area contributed by atoms with E-state index in [0.717, 1.165) is 48.0 Å². The number of imidazole rings is 1. The van der Waals surface area contributed by atoms with Gasteiger partial charge in [-0.25, -0.2) is 4.98 Å². The first-order chi connectivity index (χ1) is 13.7. The van der Waals surface area contributed by atoms with E-state index in [-0.39, 0.29) is 16.1 Å². The Balaban J connectivity index is 1.79. The van der Waals surface area contributed by atoms with Gasteiger partial charge < -0.3 is 15.0 Å². The van der Waals surface area contributed by atoms with Crippen LogP contribution in [-0.2, 0) is 26.7 Å². The molecule has 4 rings (SSSR count). The zero-order chi connectivity index (χ0) is 20.8. The van der Waals surface area contributed by atoms with E-state index >= 15 is 0 Å². The molecule has 0 unspecified atom stereocenters. The summed E-state index contributed by atoms with van der Waals surface area (Å²) in [7, 11) is -3.82. The Kier molecular flexibility index (Phi) is 4.90. The summed E-state index contributed by atoms with van der Waals surface area (Å²) in [5, 5.41) is 3.85. The number of nitrogens with two attached hydrogens (primary N) is 1. The molecule has 3 heterocycles. The molecule has 1 saturated heterocycles. The van der Waals surface area contributed by atoms with E-state index in [2.05, 4.69) is 30.4 Å². The van der Waals surface area contributed by atoms with Crippen LogP contribution in [0.15, 0.2) is 35.4 Å². The summed E-state index contributed by atoms with van der Waals surface area (Å²) in [5.74, 6) is 1.64. The summed E-state index contributed by atoms with van der Waals surface area (Å²) in [4.78, 5) is 4.98. The molecule has 0 amide bonds. The Morgan fingerprint density at radius 2 is 1.93 bits per heavy atom. The van der Waals surface area contributed by atoms with Crippen LogP contribution in [0.3, 0.4) is 0 Å². The normalized spacial score (nSPS) is 16.5. The molecule has 0 atom stereocenters. The minimum Gasteiger partial charge on any atom is -0.382 e. The topological polar surface area (TPSA) is 105 Å². The molecule has 0 aliphatic carbocycles. The predicted molar refractivity (Wildman–Crippen MR) is 111 cm³/mol. The Morgan fingerprint density at radius 3 is 2.55 bits per heavy atom. The van der Waals surface area contributed by atoms with E-state index in [4.69, 9.17) is 15.5 Å². The number of benzene rings is 1. The van der Waals surface area contributed by atoms with E-state index in [0.29, 0.717) is 11.4 Å². The lowest BCUT2D eigenvalue weighted by molar-refractivity contribution is 0.0611. The van der Waals surface area contributed by atoms with Gasteiger partial charge in [-0.15, -0.1) is 5.10 Å². The summed E-state index contributed by atoms with van der Waals surface area (Å²) in [5.41, 5.74) is 7.03. The number of aromatic nitrogens is 4. The van der Waals surface area contributed by atoms with Crippen molar-refractivity contribution < 1.29 is 13.2 Å². The molecule has 2 N–H and O–H groups in total. The van der Waals surface area contributed by atoms with E-state index in [1.54, 1.807) is 12.1 Å². The van der Waals surface area contributed by atoms with E-state index in [9.17, 15) is 8.42 Å². The number of hydrogen-bond donors (Lipinski definition) is 1. The van der Waals surface area contributed by atoms with Crippen LogP contribution in [0.25, 0.3) is 11.0 Å². The van der Waals surface area contributed by atoms with Gasteiger partial charge in [-0.3, -0.25) is 0 Å². The summed E-state index contributed by atoms with van der Waals surface area (Å²) in [6, 6.07) is 6.54. The molecule has 2 aromatic heterocycles. The Hall–Kier alpha value is -2.39. The SMILES string of the molecule is CC(C)(C)c1nc2cc(S(=O)(=O)n3ccc(N)n3)ccc2n1CC1CCOCC1. The minimum absolute atomic E-state index is 0.143. The van der Waals surface area contributed by atoms with Crippen LogP contribution >= 0.6 is 0 Å². The van der Waals surface area contributed by atoms with Crippen molar-refractivity contribution in [3.63, 3.8) is 0 Å². The fraction of sp³-hybridized carbons (Fsp3) is 0.500. The van der Waals surface area contributed by atoms with Crippen LogP contribution in [0, 0.1) is 5.92 Å². The third-order valence-corrected chi connectivity index (χ3v) is 6.85. The first-order valence-electron chi connectivity index (χ1n) is 9.81. The van der Waals surface area contributed by atoms with Crippen molar-refractivity contribution in [3.8, 4) is 0 Å². The highest BCUT2D eigenvalue weighted by molar-refractivity contribution is 7.89. The second kappa shape index (κ2) is 7.14. The molecular weight excluding hydrogens is 390 g/mol. The molecule has 0 spiro atoms. The van der Waals surface area contributed by atoms with Gasteiger partial charge in [-0.05, 0) is 37.0 Å². The molecule has 0 bridgehead atoms. The van der Waals surface area contributed by atoms with E-state index < -0.39 is 10.0 Å². The third-order valence-electron chi connectivity index (χ3n) is 5.30. The molecule has 8 nitrogen and oxygen atoms in total. The number of anilines is 1. The molecule has 29 heavy (non-hydrogen) atoms. The molecule has 0 radical (unpaired) electrons. The third kappa shape index (κ3) is 3.76. The monoisotopic (exact) mass is 417 g/mol. The lowest BCUT2D eigenvalue weighted by atomic mass is 9.94. The van der Waals surface area contributed by atoms with Crippen molar-refractivity contribution >= 4 is 26.9 Å². The fourth-order valence-corrected chi connectivity index (χ4v) is 4.92. The molecule has 1 aromatic carbocycles. The van der Waals surface area contributed by atoms with Gasteiger partial charge in [-0.2, -0.15) is 12.5 Å². The summed E-state index contributed by atoms with van der Waals surface area (Å²) in [6.07, 6.45) is 3.39. The number of hydrogen-bond acceptors (Lipinski definition) is 6. The van der Waals surface area contributed by atoms with Gasteiger partial charge in [0.25, 0.3) is 10.0 Å². The number of nitrogens with zero attached hydrogens (tertiary/aromatic N) is 4. The van der Waals surface area contributed by atoms with Crippen molar-refractivity contribution in [2.45, 2.75) is 50.5 Å². The molecular formula is C20H27N5O3S. The van der Waals surface area contributed by atoms with Gasteiger partial charge in [0.2, 0.25) is 0 Å². The quantitative estimate of drug-likeness (QED) is 0.700. The van der Waals surface area contributed by atoms with E-state index in [1.807, 2.05) is 6.07 Å². The lowest BCUT2D eigenvalue weighted by Gasteiger charge is -2.26. The summed E-state index contributed by atoms with van der Waals surface area (Å²) >= 11 is 0. The largest absolute Gasteiger partial charge is 0.382 e. The molecule has 1 fully saturated rings.